The molecule has 1 aromatic carbocycles. The van der Waals surface area contributed by atoms with Gasteiger partial charge in [0.15, 0.2) is 5.96 Å². The standard InChI is InChI=1S/C16H21N5/c1-3-7-19-16(17-2)20-11-14-5-4-6-15(10-14)12-21-9-8-18-13-21/h3-6,8-10,13H,1,7,11-12H2,2H3,(H2,17,19,20). The zero-order valence-electron chi connectivity index (χ0n) is 12.3. The predicted octanol–water partition coefficient (Wildman–Crippen LogP) is 1.78. The number of aliphatic imine (C=N–C) groups is 1. The molecule has 0 spiro atoms. The minimum absolute atomic E-state index is 0.695. The van der Waals surface area contributed by atoms with Crippen LogP contribution in [0.25, 0.3) is 0 Å². The molecule has 0 unspecified atom stereocenters. The molecule has 0 radical (unpaired) electrons. The molecule has 21 heavy (non-hydrogen) atoms. The molecule has 0 fully saturated rings. The minimum atomic E-state index is 0.695. The fourth-order valence-electron chi connectivity index (χ4n) is 2.00. The number of aromatic nitrogens is 2. The number of rotatable bonds is 6. The van der Waals surface area contributed by atoms with E-state index in [4.69, 9.17) is 0 Å². The molecule has 1 heterocycles. The van der Waals surface area contributed by atoms with Gasteiger partial charge in [-0.3, -0.25) is 4.99 Å². The van der Waals surface area contributed by atoms with Crippen molar-refractivity contribution in [2.75, 3.05) is 13.6 Å². The largest absolute Gasteiger partial charge is 0.353 e. The van der Waals surface area contributed by atoms with Crippen LogP contribution >= 0.6 is 0 Å². The van der Waals surface area contributed by atoms with E-state index in [0.29, 0.717) is 6.54 Å². The molecule has 0 aliphatic heterocycles. The van der Waals surface area contributed by atoms with Gasteiger partial charge in [-0.05, 0) is 11.1 Å². The van der Waals surface area contributed by atoms with Crippen LogP contribution in [0.15, 0.2) is 60.6 Å². The molecule has 2 N–H and O–H groups in total. The van der Waals surface area contributed by atoms with Gasteiger partial charge in [0.05, 0.1) is 6.33 Å². The molecule has 0 aliphatic carbocycles. The summed E-state index contributed by atoms with van der Waals surface area (Å²) in [6.07, 6.45) is 7.39. The van der Waals surface area contributed by atoms with E-state index in [9.17, 15) is 0 Å². The van der Waals surface area contributed by atoms with Gasteiger partial charge in [0.25, 0.3) is 0 Å². The summed E-state index contributed by atoms with van der Waals surface area (Å²) < 4.78 is 2.05. The van der Waals surface area contributed by atoms with Crippen molar-refractivity contribution in [3.05, 3.63) is 66.8 Å². The highest BCUT2D eigenvalue weighted by atomic mass is 15.2. The average molecular weight is 283 g/mol. The predicted molar refractivity (Wildman–Crippen MR) is 86.2 cm³/mol. The van der Waals surface area contributed by atoms with E-state index in [2.05, 4.69) is 56.0 Å². The van der Waals surface area contributed by atoms with Crippen molar-refractivity contribution in [2.24, 2.45) is 4.99 Å². The number of hydrogen-bond donors (Lipinski definition) is 2. The second kappa shape index (κ2) is 7.89. The monoisotopic (exact) mass is 283 g/mol. The Morgan fingerprint density at radius 2 is 2.24 bits per heavy atom. The maximum Gasteiger partial charge on any atom is 0.191 e. The highest BCUT2D eigenvalue weighted by molar-refractivity contribution is 5.79. The van der Waals surface area contributed by atoms with E-state index in [0.717, 1.165) is 19.0 Å². The Balaban J connectivity index is 1.93. The van der Waals surface area contributed by atoms with Crippen LogP contribution in [-0.2, 0) is 13.1 Å². The molecule has 110 valence electrons. The lowest BCUT2D eigenvalue weighted by Gasteiger charge is -2.11. The molecule has 0 atom stereocenters. The van der Waals surface area contributed by atoms with Crippen LogP contribution in [0.1, 0.15) is 11.1 Å². The number of guanidine groups is 1. The molecular formula is C16H21N5. The van der Waals surface area contributed by atoms with Crippen molar-refractivity contribution in [1.29, 1.82) is 0 Å². The van der Waals surface area contributed by atoms with Crippen LogP contribution in [-0.4, -0.2) is 29.1 Å². The smallest absolute Gasteiger partial charge is 0.191 e. The summed E-state index contributed by atoms with van der Waals surface area (Å²) in [7, 11) is 1.76. The topological polar surface area (TPSA) is 54.2 Å². The molecule has 0 saturated carbocycles. The van der Waals surface area contributed by atoms with Crippen LogP contribution in [0.2, 0.25) is 0 Å². The van der Waals surface area contributed by atoms with Gasteiger partial charge in [-0.15, -0.1) is 6.58 Å². The summed E-state index contributed by atoms with van der Waals surface area (Å²) in [6.45, 7) is 5.94. The number of nitrogens with zero attached hydrogens (tertiary/aromatic N) is 3. The Labute approximate surface area is 125 Å². The van der Waals surface area contributed by atoms with E-state index >= 15 is 0 Å². The fourth-order valence-corrected chi connectivity index (χ4v) is 2.00. The Hall–Kier alpha value is -2.56. The van der Waals surface area contributed by atoms with E-state index in [1.807, 2.05) is 12.5 Å². The first-order chi connectivity index (χ1) is 10.3. The van der Waals surface area contributed by atoms with Gasteiger partial charge in [-0.25, -0.2) is 4.98 Å². The van der Waals surface area contributed by atoms with Crippen LogP contribution in [0.5, 0.6) is 0 Å². The van der Waals surface area contributed by atoms with Crippen LogP contribution < -0.4 is 10.6 Å². The van der Waals surface area contributed by atoms with Crippen molar-refractivity contribution in [2.45, 2.75) is 13.1 Å². The van der Waals surface area contributed by atoms with Crippen LogP contribution in [0.3, 0.4) is 0 Å². The molecule has 1 aromatic heterocycles. The minimum Gasteiger partial charge on any atom is -0.353 e. The van der Waals surface area contributed by atoms with E-state index in [1.165, 1.54) is 11.1 Å². The van der Waals surface area contributed by atoms with Gasteiger partial charge in [-0.1, -0.05) is 30.3 Å². The maximum atomic E-state index is 4.16. The first-order valence-electron chi connectivity index (χ1n) is 6.91. The SMILES string of the molecule is C=CCNC(=NC)NCc1cccc(Cn2ccnc2)c1. The normalized spacial score (nSPS) is 11.2. The van der Waals surface area contributed by atoms with E-state index in [-0.39, 0.29) is 0 Å². The Kier molecular flexibility index (Phi) is 5.58. The van der Waals surface area contributed by atoms with Gasteiger partial charge in [0.1, 0.15) is 0 Å². The maximum absolute atomic E-state index is 4.16. The van der Waals surface area contributed by atoms with Crippen molar-refractivity contribution in [3.8, 4) is 0 Å². The quantitative estimate of drug-likeness (QED) is 0.483. The summed E-state index contributed by atoms with van der Waals surface area (Å²) >= 11 is 0. The zero-order chi connectivity index (χ0) is 14.9. The summed E-state index contributed by atoms with van der Waals surface area (Å²) in [5.74, 6) is 0.773. The first-order valence-corrected chi connectivity index (χ1v) is 6.91. The molecule has 0 amide bonds. The van der Waals surface area contributed by atoms with Gasteiger partial charge in [0.2, 0.25) is 0 Å². The number of hydrogen-bond acceptors (Lipinski definition) is 2. The van der Waals surface area contributed by atoms with Crippen molar-refractivity contribution < 1.29 is 0 Å². The molecule has 2 rings (SSSR count). The van der Waals surface area contributed by atoms with E-state index in [1.54, 1.807) is 19.3 Å². The fraction of sp³-hybridized carbons (Fsp3) is 0.250. The van der Waals surface area contributed by atoms with Crippen molar-refractivity contribution in [3.63, 3.8) is 0 Å². The lowest BCUT2D eigenvalue weighted by atomic mass is 10.1. The highest BCUT2D eigenvalue weighted by Gasteiger charge is 1.99. The summed E-state index contributed by atoms with van der Waals surface area (Å²) in [5, 5.41) is 6.43. The van der Waals surface area contributed by atoms with Crippen LogP contribution in [0, 0.1) is 0 Å². The zero-order valence-corrected chi connectivity index (χ0v) is 12.3. The third kappa shape index (κ3) is 4.80. The summed E-state index contributed by atoms with van der Waals surface area (Å²) in [6, 6.07) is 8.48. The molecule has 5 heteroatoms. The van der Waals surface area contributed by atoms with E-state index < -0.39 is 0 Å². The molecule has 5 nitrogen and oxygen atoms in total. The molecule has 0 aliphatic rings. The first kappa shape index (κ1) is 14.8. The third-order valence-corrected chi connectivity index (χ3v) is 3.01. The number of benzene rings is 1. The Morgan fingerprint density at radius 3 is 2.95 bits per heavy atom. The molecule has 0 saturated heterocycles. The van der Waals surface area contributed by atoms with Gasteiger partial charge in [-0.2, -0.15) is 0 Å². The van der Waals surface area contributed by atoms with Gasteiger partial charge in [0, 0.05) is 39.1 Å². The third-order valence-electron chi connectivity index (χ3n) is 3.01. The number of nitrogens with one attached hydrogen (secondary N) is 2. The van der Waals surface area contributed by atoms with Gasteiger partial charge < -0.3 is 15.2 Å². The van der Waals surface area contributed by atoms with Crippen molar-refractivity contribution >= 4 is 5.96 Å². The van der Waals surface area contributed by atoms with Gasteiger partial charge >= 0.3 is 0 Å². The highest BCUT2D eigenvalue weighted by Crippen LogP contribution is 2.07. The Bertz CT molecular complexity index is 586. The lowest BCUT2D eigenvalue weighted by Crippen LogP contribution is -2.36. The molecular weight excluding hydrogens is 262 g/mol. The second-order valence-corrected chi connectivity index (χ2v) is 4.65. The number of imidazole rings is 1. The van der Waals surface area contributed by atoms with Crippen molar-refractivity contribution in [1.82, 2.24) is 20.2 Å². The van der Waals surface area contributed by atoms with Crippen LogP contribution in [0.4, 0.5) is 0 Å². The molecule has 2 aromatic rings. The summed E-state index contributed by atoms with van der Waals surface area (Å²) in [4.78, 5) is 8.22. The average Bonchev–Trinajstić information content (AvgIpc) is 3.01. The summed E-state index contributed by atoms with van der Waals surface area (Å²) in [5.41, 5.74) is 2.47. The Morgan fingerprint density at radius 1 is 1.38 bits per heavy atom. The second-order valence-electron chi connectivity index (χ2n) is 4.65. The molecule has 0 bridgehead atoms. The lowest BCUT2D eigenvalue weighted by molar-refractivity contribution is 0.791.